The Hall–Kier alpha value is -14.7. The Labute approximate surface area is 759 Å². The van der Waals surface area contributed by atoms with Crippen molar-refractivity contribution in [3.8, 4) is 97.7 Å². The molecule has 10 aromatic carbocycles. The number of esters is 10. The third-order valence-electron chi connectivity index (χ3n) is 21.4. The Morgan fingerprint density at radius 1 is 0.242 bits per heavy atom. The molecule has 0 spiro atoms. The zero-order valence-electron chi connectivity index (χ0n) is 74.9. The van der Waals surface area contributed by atoms with Crippen LogP contribution in [0.25, 0.3) is 0 Å². The fraction of sp³-hybridized carbons (Fsp3) is 0.300. The predicted molar refractivity (Wildman–Crippen MR) is 471 cm³/mol. The highest BCUT2D eigenvalue weighted by atomic mass is 16.6. The lowest BCUT2D eigenvalue weighted by Gasteiger charge is -2.32. The number of hydrogen-bond acceptors (Lipinski definition) is 32. The van der Waals surface area contributed by atoms with Crippen LogP contribution in [0.3, 0.4) is 0 Å². The maximum absolute atomic E-state index is 11.5. The van der Waals surface area contributed by atoms with Crippen LogP contribution < -0.4 is 80.5 Å². The number of methoxy groups -OCH3 is 2. The first-order chi connectivity index (χ1) is 62.9. The van der Waals surface area contributed by atoms with Crippen LogP contribution in [0.1, 0.15) is 202 Å². The number of hydrogen-bond donors (Lipinski definition) is 5. The molecule has 5 N–H and O–H groups in total. The molecule has 5 aliphatic rings. The summed E-state index contributed by atoms with van der Waals surface area (Å²) >= 11 is 0. The third-order valence-corrected chi connectivity index (χ3v) is 21.4. The molecule has 0 aliphatic carbocycles. The Morgan fingerprint density at radius 2 is 0.462 bits per heavy atom. The lowest BCUT2D eigenvalue weighted by Crippen LogP contribution is -2.25. The monoisotopic (exact) mass is 1810 g/mol. The topological polar surface area (TPSA) is 429 Å². The van der Waals surface area contributed by atoms with E-state index in [9.17, 15) is 73.5 Å². The van der Waals surface area contributed by atoms with Crippen LogP contribution in [-0.4, -0.2) is 132 Å². The fourth-order valence-corrected chi connectivity index (χ4v) is 15.4. The van der Waals surface area contributed by atoms with Crippen molar-refractivity contribution in [1.29, 1.82) is 0 Å². The van der Waals surface area contributed by atoms with Crippen molar-refractivity contribution in [2.75, 3.05) is 47.3 Å². The number of carbonyl (C=O) groups excluding carboxylic acids is 10. The lowest BCUT2D eigenvalue weighted by atomic mass is 9.86. The molecule has 0 fully saturated rings. The highest BCUT2D eigenvalue weighted by Crippen LogP contribution is 2.53. The van der Waals surface area contributed by atoms with Gasteiger partial charge in [0.25, 0.3) is 0 Å². The summed E-state index contributed by atoms with van der Waals surface area (Å²) in [6.07, 6.45) is -4.09. The fourth-order valence-electron chi connectivity index (χ4n) is 15.4. The third kappa shape index (κ3) is 24.2. The second kappa shape index (κ2) is 44.1. The van der Waals surface area contributed by atoms with Crippen molar-refractivity contribution in [1.82, 2.24) is 0 Å². The summed E-state index contributed by atoms with van der Waals surface area (Å²) in [4.78, 5) is 112. The number of ether oxygens (including phenoxy) is 17. The number of rotatable bonds is 17. The van der Waals surface area contributed by atoms with E-state index in [1.807, 2.05) is 61.5 Å². The molecular weight excluding hydrogens is 1710 g/mol. The van der Waals surface area contributed by atoms with Crippen LogP contribution in [0.4, 0.5) is 0 Å². The Bertz CT molecular complexity index is 5920. The summed E-state index contributed by atoms with van der Waals surface area (Å²) in [6, 6.07) is 52.0. The molecule has 0 saturated carbocycles. The predicted octanol–water partition coefficient (Wildman–Crippen LogP) is 14.7. The van der Waals surface area contributed by atoms with Gasteiger partial charge in [0.15, 0.2) is 23.0 Å². The van der Waals surface area contributed by atoms with Gasteiger partial charge >= 0.3 is 59.7 Å². The van der Waals surface area contributed by atoms with Gasteiger partial charge in [-0.25, -0.2) is 0 Å². The number of fused-ring (bicyclic) bond motifs is 5. The van der Waals surface area contributed by atoms with Gasteiger partial charge in [-0.05, 0) is 170 Å². The molecule has 0 radical (unpaired) electrons. The van der Waals surface area contributed by atoms with E-state index in [1.165, 1.54) is 81.4 Å². The number of aliphatic hydroxyl groups is 5. The second-order valence-electron chi connectivity index (χ2n) is 30.9. The SMILES string of the molecule is CC(=O)Oc1ccc(C2COc3c(ccc(OC(C)=O)c3C)C2O)cc1.CC(=O)Oc1ccc(C2COc3c(ccc(OC(C)=O)c3OC(C)=O)C2O)cc1.CC(=O)Oc1cccc(C2COc3c(ccc(OC(C)=O)c3C)C2O)c1.COc1ccc(C2COc3c(ccc(OC(C)=O)c3C)C2O)cc1.COc1ccc(C2COc3c(ccc(OC(C)=O)c3OC(C)=O)C2O)cc1. The highest BCUT2D eigenvalue weighted by Gasteiger charge is 2.40. The summed E-state index contributed by atoms with van der Waals surface area (Å²) in [5, 5.41) is 54.2. The van der Waals surface area contributed by atoms with Gasteiger partial charge in [0.1, 0.15) is 63.2 Å². The molecule has 10 aromatic rings. The molecule has 32 nitrogen and oxygen atoms in total. The molecule has 15 rings (SSSR count). The molecule has 10 unspecified atom stereocenters. The molecule has 0 aromatic heterocycles. The van der Waals surface area contributed by atoms with Gasteiger partial charge in [-0.1, -0.05) is 60.7 Å². The number of benzene rings is 10. The van der Waals surface area contributed by atoms with Crippen LogP contribution in [0.15, 0.2) is 182 Å². The number of aliphatic hydroxyl groups excluding tert-OH is 5. The van der Waals surface area contributed by atoms with Gasteiger partial charge in [-0.15, -0.1) is 0 Å². The minimum atomic E-state index is -0.959. The molecule has 0 amide bonds. The van der Waals surface area contributed by atoms with Gasteiger partial charge in [0.2, 0.25) is 11.5 Å². The average molecular weight is 1810 g/mol. The smallest absolute Gasteiger partial charge is 0.308 e. The zero-order valence-corrected chi connectivity index (χ0v) is 74.9. The summed E-state index contributed by atoms with van der Waals surface area (Å²) in [5.74, 6) is -0.101. The quantitative estimate of drug-likeness (QED) is 0.0417. The van der Waals surface area contributed by atoms with Crippen LogP contribution in [0, 0.1) is 20.8 Å². The van der Waals surface area contributed by atoms with Crippen molar-refractivity contribution in [2.45, 2.75) is 150 Å². The van der Waals surface area contributed by atoms with E-state index in [1.54, 1.807) is 143 Å². The minimum absolute atomic E-state index is 0.0116. The van der Waals surface area contributed by atoms with E-state index >= 15 is 0 Å². The van der Waals surface area contributed by atoms with E-state index in [2.05, 4.69) is 0 Å². The van der Waals surface area contributed by atoms with E-state index in [0.717, 1.165) is 39.1 Å². The first kappa shape index (κ1) is 97.9. The average Bonchev–Trinajstić information content (AvgIpc) is 0.696. The maximum atomic E-state index is 11.5. The second-order valence-corrected chi connectivity index (χ2v) is 30.9. The zero-order chi connectivity index (χ0) is 95.6. The molecule has 0 saturated heterocycles. The first-order valence-electron chi connectivity index (χ1n) is 41.6. The normalized spacial score (nSPS) is 18.3. The van der Waals surface area contributed by atoms with Crippen LogP contribution >= 0.6 is 0 Å². The maximum Gasteiger partial charge on any atom is 0.308 e. The van der Waals surface area contributed by atoms with E-state index < -0.39 is 84.2 Å². The van der Waals surface area contributed by atoms with Crippen molar-refractivity contribution in [3.63, 3.8) is 0 Å². The molecule has 5 heterocycles. The molecule has 132 heavy (non-hydrogen) atoms. The van der Waals surface area contributed by atoms with Gasteiger partial charge < -0.3 is 106 Å². The molecule has 32 heteroatoms. The van der Waals surface area contributed by atoms with Crippen molar-refractivity contribution in [3.05, 3.63) is 254 Å². The standard InChI is InChI=1S/C21H20O8.C20H20O7.2C20H20O6.C19H20O5/c1-11(22)27-15-6-4-14(5-7-15)17-10-26-20-16(19(17)25)8-9-18(28-12(2)23)21(20)29-13(3)24;1-11(21)26-17-9-8-15-18(23)16(13-4-6-14(24-3)7-5-13)10-25-19(15)20(17)27-12(2)22;1-11-18(26-13(3)22)9-8-16-19(23)17(10-24-20(11)16)14-4-6-15(7-5-14)25-12(2)21;1-11-18(26-13(3)22)8-7-16-19(23)17(10-24-20(11)16)14-5-4-6-15(9-14)25-12(2)21;1-11-17(24-12(2)20)9-8-15-18(21)16(10-23-19(11)15)13-4-6-14(22-3)7-5-13/h4-9,17,19,25H,10H2,1-3H3;4-9,16,18,23H,10H2,1-3H3;2*4-9,17,19,23H,10H2,1-3H3;4-9,16,18,21H,10H2,1-3H3. The summed E-state index contributed by atoms with van der Waals surface area (Å²) in [5.41, 5.74) is 9.23. The van der Waals surface area contributed by atoms with Crippen LogP contribution in [-0.2, 0) is 47.9 Å². The number of carbonyl (C=O) groups is 10. The summed E-state index contributed by atoms with van der Waals surface area (Å²) < 4.78 is 90.8. The van der Waals surface area contributed by atoms with Crippen molar-refractivity contribution in [2.24, 2.45) is 0 Å². The van der Waals surface area contributed by atoms with Crippen LogP contribution in [0.2, 0.25) is 0 Å². The van der Waals surface area contributed by atoms with E-state index in [-0.39, 0.29) is 96.5 Å². The summed E-state index contributed by atoms with van der Waals surface area (Å²) in [6.45, 7) is 19.5. The largest absolute Gasteiger partial charge is 0.497 e. The Balaban J connectivity index is 0.000000159. The molecule has 10 atom stereocenters. The van der Waals surface area contributed by atoms with Gasteiger partial charge in [-0.2, -0.15) is 0 Å². The molecule has 5 aliphatic heterocycles. The van der Waals surface area contributed by atoms with Crippen molar-refractivity contribution < 1.29 is 154 Å². The molecular formula is C100H100O32. The van der Waals surface area contributed by atoms with E-state index in [4.69, 9.17) is 80.5 Å². The van der Waals surface area contributed by atoms with Crippen molar-refractivity contribution >= 4 is 59.7 Å². The van der Waals surface area contributed by atoms with Crippen LogP contribution in [0.5, 0.6) is 97.7 Å². The molecule has 692 valence electrons. The van der Waals surface area contributed by atoms with Gasteiger partial charge in [0, 0.05) is 143 Å². The summed E-state index contributed by atoms with van der Waals surface area (Å²) in [7, 11) is 3.20. The van der Waals surface area contributed by atoms with E-state index in [0.29, 0.717) is 103 Å². The highest BCUT2D eigenvalue weighted by molar-refractivity contribution is 5.79. The first-order valence-corrected chi connectivity index (χ1v) is 41.6. The minimum Gasteiger partial charge on any atom is -0.497 e. The van der Waals surface area contributed by atoms with Gasteiger partial charge in [0.05, 0.1) is 77.8 Å². The lowest BCUT2D eigenvalue weighted by molar-refractivity contribution is -0.134. The Morgan fingerprint density at radius 3 is 0.720 bits per heavy atom. The van der Waals surface area contributed by atoms with Gasteiger partial charge in [-0.3, -0.25) is 47.9 Å². The Kier molecular flexibility index (Phi) is 32.7. The molecule has 0 bridgehead atoms.